The molecule has 1 fully saturated rings. The maximum absolute atomic E-state index is 12.1. The number of carbonyl (C=O) groups excluding carboxylic acids is 2. The summed E-state index contributed by atoms with van der Waals surface area (Å²) in [4.78, 5) is 31.0. The lowest BCUT2D eigenvalue weighted by molar-refractivity contribution is -0.121. The molecule has 1 aromatic heterocycles. The quantitative estimate of drug-likeness (QED) is 0.823. The van der Waals surface area contributed by atoms with Crippen molar-refractivity contribution in [3.8, 4) is 0 Å². The molecule has 1 aliphatic heterocycles. The molecule has 7 nitrogen and oxygen atoms in total. The van der Waals surface area contributed by atoms with Crippen molar-refractivity contribution in [2.45, 2.75) is 13.8 Å². The third kappa shape index (κ3) is 3.09. The first-order valence-corrected chi connectivity index (χ1v) is 6.67. The number of hydrogen-bond acceptors (Lipinski definition) is 4. The largest absolute Gasteiger partial charge is 0.449 e. The fourth-order valence-corrected chi connectivity index (χ4v) is 2.01. The zero-order valence-electron chi connectivity index (χ0n) is 12.1. The molecule has 0 aliphatic carbocycles. The number of aryl methyl sites for hydroxylation is 1. The highest BCUT2D eigenvalue weighted by Gasteiger charge is 2.30. The molecule has 0 radical (unpaired) electrons. The van der Waals surface area contributed by atoms with Gasteiger partial charge in [0, 0.05) is 20.1 Å². The predicted octanol–water partition coefficient (Wildman–Crippen LogP) is 0.861. The van der Waals surface area contributed by atoms with E-state index >= 15 is 0 Å². The molecule has 0 saturated carbocycles. The molecule has 1 saturated heterocycles. The molecule has 2 heterocycles. The van der Waals surface area contributed by atoms with Crippen molar-refractivity contribution < 1.29 is 14.3 Å². The summed E-state index contributed by atoms with van der Waals surface area (Å²) >= 11 is 0. The van der Waals surface area contributed by atoms with Crippen LogP contribution in [0.3, 0.4) is 0 Å². The van der Waals surface area contributed by atoms with Crippen molar-refractivity contribution in [2.75, 3.05) is 31.1 Å². The number of hydrogen-bond donors (Lipinski definition) is 0. The molecule has 110 valence electrons. The number of carbonyl (C=O) groups is 2. The molecule has 0 unspecified atom stereocenters. The Morgan fingerprint density at radius 2 is 2.20 bits per heavy atom. The van der Waals surface area contributed by atoms with E-state index in [9.17, 15) is 9.59 Å². The van der Waals surface area contributed by atoms with Gasteiger partial charge >= 0.3 is 6.09 Å². The maximum Gasteiger partial charge on any atom is 0.410 e. The van der Waals surface area contributed by atoms with Crippen LogP contribution in [0.1, 0.15) is 13.8 Å². The molecule has 0 N–H and O–H groups in total. The Balaban J connectivity index is 1.94. The number of nitrogens with zero attached hydrogens (tertiary/aromatic N) is 4. The molecule has 0 spiro atoms. The third-order valence-corrected chi connectivity index (χ3v) is 3.09. The van der Waals surface area contributed by atoms with E-state index in [2.05, 4.69) is 4.98 Å². The van der Waals surface area contributed by atoms with Crippen LogP contribution in [0.5, 0.6) is 0 Å². The van der Waals surface area contributed by atoms with Crippen molar-refractivity contribution in [2.24, 2.45) is 13.0 Å². The van der Waals surface area contributed by atoms with Crippen molar-refractivity contribution in [3.63, 3.8) is 0 Å². The zero-order valence-corrected chi connectivity index (χ0v) is 12.1. The SMILES string of the molecule is CC(C)COC(=O)N1CCN(c2cncn2C)C(=O)C1. The summed E-state index contributed by atoms with van der Waals surface area (Å²) in [5, 5.41) is 0. The molecule has 1 aromatic rings. The normalized spacial score (nSPS) is 15.9. The molecule has 2 amide bonds. The predicted molar refractivity (Wildman–Crippen MR) is 73.3 cm³/mol. The van der Waals surface area contributed by atoms with Crippen LogP contribution in [0.2, 0.25) is 0 Å². The first-order chi connectivity index (χ1) is 9.49. The van der Waals surface area contributed by atoms with E-state index in [1.807, 2.05) is 20.9 Å². The van der Waals surface area contributed by atoms with Crippen molar-refractivity contribution in [3.05, 3.63) is 12.5 Å². The van der Waals surface area contributed by atoms with Gasteiger partial charge in [0.1, 0.15) is 12.4 Å². The van der Waals surface area contributed by atoms with Crippen LogP contribution in [0.15, 0.2) is 12.5 Å². The smallest absolute Gasteiger partial charge is 0.410 e. The minimum absolute atomic E-state index is 0.0438. The second kappa shape index (κ2) is 5.94. The summed E-state index contributed by atoms with van der Waals surface area (Å²) in [6.45, 7) is 5.28. The monoisotopic (exact) mass is 280 g/mol. The van der Waals surface area contributed by atoms with Crippen LogP contribution in [0.4, 0.5) is 10.6 Å². The molecule has 0 bridgehead atoms. The Bertz CT molecular complexity index is 498. The van der Waals surface area contributed by atoms with Crippen molar-refractivity contribution in [1.82, 2.24) is 14.5 Å². The van der Waals surface area contributed by atoms with Crippen LogP contribution in [-0.4, -0.2) is 52.7 Å². The van der Waals surface area contributed by atoms with E-state index in [0.717, 1.165) is 5.82 Å². The highest BCUT2D eigenvalue weighted by atomic mass is 16.6. The third-order valence-electron chi connectivity index (χ3n) is 3.09. The zero-order chi connectivity index (χ0) is 14.7. The minimum Gasteiger partial charge on any atom is -0.449 e. The second-order valence-corrected chi connectivity index (χ2v) is 5.30. The molecule has 20 heavy (non-hydrogen) atoms. The van der Waals surface area contributed by atoms with Crippen LogP contribution in [-0.2, 0) is 16.6 Å². The number of aromatic nitrogens is 2. The molecule has 2 rings (SSSR count). The van der Waals surface area contributed by atoms with E-state index in [0.29, 0.717) is 19.7 Å². The highest BCUT2D eigenvalue weighted by molar-refractivity contribution is 5.96. The Morgan fingerprint density at radius 3 is 2.75 bits per heavy atom. The van der Waals surface area contributed by atoms with Gasteiger partial charge in [0.05, 0.1) is 19.1 Å². The molecular weight excluding hydrogens is 260 g/mol. The van der Waals surface area contributed by atoms with Gasteiger partial charge in [0.25, 0.3) is 0 Å². The van der Waals surface area contributed by atoms with Gasteiger partial charge in [-0.1, -0.05) is 13.8 Å². The van der Waals surface area contributed by atoms with Gasteiger partial charge in [-0.25, -0.2) is 9.78 Å². The number of amides is 2. The fourth-order valence-electron chi connectivity index (χ4n) is 2.01. The van der Waals surface area contributed by atoms with Crippen LogP contribution in [0.25, 0.3) is 0 Å². The number of imidazole rings is 1. The molecular formula is C13H20N4O3. The van der Waals surface area contributed by atoms with Crippen LogP contribution in [0, 0.1) is 5.92 Å². The van der Waals surface area contributed by atoms with Crippen molar-refractivity contribution >= 4 is 17.8 Å². The summed E-state index contributed by atoms with van der Waals surface area (Å²) in [5.74, 6) is 0.900. The average molecular weight is 280 g/mol. The summed E-state index contributed by atoms with van der Waals surface area (Å²) in [7, 11) is 1.83. The Kier molecular flexibility index (Phi) is 4.26. The number of piperazine rings is 1. The van der Waals surface area contributed by atoms with Gasteiger partial charge in [-0.2, -0.15) is 0 Å². The average Bonchev–Trinajstić information content (AvgIpc) is 2.82. The summed E-state index contributed by atoms with van der Waals surface area (Å²) in [6.07, 6.45) is 2.87. The standard InChI is InChI=1S/C13H20N4O3/c1-10(2)8-20-13(19)16-4-5-17(12(18)7-16)11-6-14-9-15(11)3/h6,9-10H,4-5,7-8H2,1-3H3. The fraction of sp³-hybridized carbons (Fsp3) is 0.615. The van der Waals surface area contributed by atoms with Crippen LogP contribution < -0.4 is 4.90 Å². The summed E-state index contributed by atoms with van der Waals surface area (Å²) in [5.41, 5.74) is 0. The van der Waals surface area contributed by atoms with E-state index in [4.69, 9.17) is 4.74 Å². The number of rotatable bonds is 3. The topological polar surface area (TPSA) is 67.7 Å². The minimum atomic E-state index is -0.420. The Labute approximate surface area is 118 Å². The van der Waals surface area contributed by atoms with Gasteiger partial charge in [-0.05, 0) is 5.92 Å². The first-order valence-electron chi connectivity index (χ1n) is 6.67. The Morgan fingerprint density at radius 1 is 1.45 bits per heavy atom. The highest BCUT2D eigenvalue weighted by Crippen LogP contribution is 2.16. The number of ether oxygens (including phenoxy) is 1. The Hall–Kier alpha value is -2.05. The lowest BCUT2D eigenvalue weighted by Gasteiger charge is -2.33. The molecule has 7 heteroatoms. The van der Waals surface area contributed by atoms with Gasteiger partial charge in [0.2, 0.25) is 5.91 Å². The molecule has 1 aliphatic rings. The van der Waals surface area contributed by atoms with Crippen LogP contribution >= 0.6 is 0 Å². The van der Waals surface area contributed by atoms with Crippen molar-refractivity contribution in [1.29, 1.82) is 0 Å². The number of anilines is 1. The van der Waals surface area contributed by atoms with Gasteiger partial charge in [-0.3, -0.25) is 14.6 Å². The van der Waals surface area contributed by atoms with E-state index in [1.165, 1.54) is 4.90 Å². The van der Waals surface area contributed by atoms with E-state index < -0.39 is 6.09 Å². The van der Waals surface area contributed by atoms with E-state index in [1.54, 1.807) is 22.0 Å². The second-order valence-electron chi connectivity index (χ2n) is 5.30. The summed E-state index contributed by atoms with van der Waals surface area (Å²) in [6, 6.07) is 0. The first kappa shape index (κ1) is 14.4. The van der Waals surface area contributed by atoms with Gasteiger partial charge in [-0.15, -0.1) is 0 Å². The summed E-state index contributed by atoms with van der Waals surface area (Å²) < 4.78 is 6.92. The lowest BCUT2D eigenvalue weighted by atomic mass is 10.2. The van der Waals surface area contributed by atoms with E-state index in [-0.39, 0.29) is 18.4 Å². The molecule has 0 atom stereocenters. The van der Waals surface area contributed by atoms with Gasteiger partial charge in [0.15, 0.2) is 0 Å². The van der Waals surface area contributed by atoms with Gasteiger partial charge < -0.3 is 9.30 Å². The molecule has 0 aromatic carbocycles. The maximum atomic E-state index is 12.1. The lowest BCUT2D eigenvalue weighted by Crippen LogP contribution is -2.53.